The van der Waals surface area contributed by atoms with Crippen molar-refractivity contribution in [3.63, 3.8) is 0 Å². The van der Waals surface area contributed by atoms with Gasteiger partial charge in [-0.3, -0.25) is 19.3 Å². The minimum atomic E-state index is -0.343. The van der Waals surface area contributed by atoms with Gasteiger partial charge in [-0.05, 0) is 42.5 Å². The number of hydrogen-bond donors (Lipinski definition) is 2. The predicted molar refractivity (Wildman–Crippen MR) is 118 cm³/mol. The van der Waals surface area contributed by atoms with Gasteiger partial charge in [-0.25, -0.2) is 4.98 Å². The average Bonchev–Trinajstić information content (AvgIpc) is 3.37. The molecule has 1 aliphatic heterocycles. The van der Waals surface area contributed by atoms with Crippen molar-refractivity contribution in [3.05, 3.63) is 78.4 Å². The summed E-state index contributed by atoms with van der Waals surface area (Å²) in [5, 5.41) is 2.92. The fraction of sp³-hybridized carbons (Fsp3) is 0.0833. The number of fused-ring (bicyclic) bond motifs is 1. The quantitative estimate of drug-likeness (QED) is 0.495. The number of para-hydroxylation sites is 3. The number of nitrogens with zero attached hydrogens (tertiary/aromatic N) is 2. The van der Waals surface area contributed by atoms with E-state index in [9.17, 15) is 14.4 Å². The Morgan fingerprint density at radius 3 is 2.45 bits per heavy atom. The van der Waals surface area contributed by atoms with Crippen molar-refractivity contribution >= 4 is 40.1 Å². The number of anilines is 2. The first-order valence-electron chi connectivity index (χ1n) is 9.91. The average molecular weight is 410 g/mol. The van der Waals surface area contributed by atoms with E-state index in [1.807, 2.05) is 42.5 Å². The van der Waals surface area contributed by atoms with Crippen molar-refractivity contribution in [2.75, 3.05) is 10.2 Å². The molecule has 0 unspecified atom stereocenters. The highest BCUT2D eigenvalue weighted by Crippen LogP contribution is 2.29. The monoisotopic (exact) mass is 410 g/mol. The Balaban J connectivity index is 1.45. The molecular weight excluding hydrogens is 392 g/mol. The lowest BCUT2D eigenvalue weighted by Crippen LogP contribution is -2.28. The molecule has 3 amide bonds. The van der Waals surface area contributed by atoms with Crippen LogP contribution < -0.4 is 10.2 Å². The summed E-state index contributed by atoms with van der Waals surface area (Å²) in [6.07, 6.45) is 0.389. The molecule has 0 radical (unpaired) electrons. The Morgan fingerprint density at radius 2 is 1.65 bits per heavy atom. The van der Waals surface area contributed by atoms with E-state index in [-0.39, 0.29) is 30.6 Å². The van der Waals surface area contributed by atoms with Gasteiger partial charge in [0.2, 0.25) is 11.8 Å². The highest BCUT2D eigenvalue weighted by atomic mass is 16.2. The van der Waals surface area contributed by atoms with Gasteiger partial charge in [-0.1, -0.05) is 30.3 Å². The molecule has 3 aromatic carbocycles. The zero-order valence-corrected chi connectivity index (χ0v) is 16.5. The van der Waals surface area contributed by atoms with Crippen LogP contribution in [0.3, 0.4) is 0 Å². The first kappa shape index (κ1) is 18.7. The molecule has 2 N–H and O–H groups in total. The van der Waals surface area contributed by atoms with Crippen molar-refractivity contribution in [1.82, 2.24) is 9.97 Å². The molecule has 1 saturated heterocycles. The smallest absolute Gasteiger partial charge is 0.255 e. The number of H-pyrrole nitrogens is 1. The number of aromatic nitrogens is 2. The maximum Gasteiger partial charge on any atom is 0.255 e. The fourth-order valence-electron chi connectivity index (χ4n) is 3.72. The van der Waals surface area contributed by atoms with E-state index >= 15 is 0 Å². The molecule has 0 aliphatic carbocycles. The molecule has 0 spiro atoms. The van der Waals surface area contributed by atoms with E-state index in [0.29, 0.717) is 22.8 Å². The van der Waals surface area contributed by atoms with Crippen LogP contribution in [0.5, 0.6) is 0 Å². The van der Waals surface area contributed by atoms with Crippen LogP contribution in [0.25, 0.3) is 22.4 Å². The van der Waals surface area contributed by atoms with E-state index in [0.717, 1.165) is 21.5 Å². The second-order valence-corrected chi connectivity index (χ2v) is 7.28. The van der Waals surface area contributed by atoms with Crippen LogP contribution in [-0.2, 0) is 9.59 Å². The number of benzene rings is 3. The summed E-state index contributed by atoms with van der Waals surface area (Å²) >= 11 is 0. The zero-order valence-electron chi connectivity index (χ0n) is 16.5. The summed E-state index contributed by atoms with van der Waals surface area (Å²) in [6.45, 7) is 0. The van der Waals surface area contributed by atoms with Crippen LogP contribution in [-0.4, -0.2) is 27.7 Å². The number of imide groups is 1. The number of carbonyl (C=O) groups excluding carboxylic acids is 3. The summed E-state index contributed by atoms with van der Waals surface area (Å²) in [4.78, 5) is 46.1. The van der Waals surface area contributed by atoms with Crippen LogP contribution >= 0.6 is 0 Å². The molecule has 7 heteroatoms. The topological polar surface area (TPSA) is 95.2 Å². The maximum atomic E-state index is 13.0. The molecule has 1 aromatic heterocycles. The molecule has 4 aromatic rings. The largest absolute Gasteiger partial charge is 0.338 e. The third-order valence-electron chi connectivity index (χ3n) is 5.24. The third-order valence-corrected chi connectivity index (χ3v) is 5.24. The maximum absolute atomic E-state index is 13.0. The second-order valence-electron chi connectivity index (χ2n) is 7.28. The number of carbonyl (C=O) groups is 3. The Labute approximate surface area is 177 Å². The van der Waals surface area contributed by atoms with Crippen LogP contribution in [0.15, 0.2) is 72.8 Å². The van der Waals surface area contributed by atoms with E-state index in [1.165, 1.54) is 0 Å². The second kappa shape index (κ2) is 7.53. The van der Waals surface area contributed by atoms with Crippen molar-refractivity contribution in [3.8, 4) is 11.4 Å². The van der Waals surface area contributed by atoms with Gasteiger partial charge in [0, 0.05) is 24.0 Å². The summed E-state index contributed by atoms with van der Waals surface area (Å²) in [6, 6.07) is 21.6. The first-order chi connectivity index (χ1) is 15.1. The minimum absolute atomic E-state index is 0.195. The van der Waals surface area contributed by atoms with Crippen molar-refractivity contribution in [2.24, 2.45) is 0 Å². The molecule has 5 rings (SSSR count). The van der Waals surface area contributed by atoms with E-state index in [1.54, 1.807) is 30.3 Å². The van der Waals surface area contributed by atoms with Gasteiger partial charge >= 0.3 is 0 Å². The molecule has 31 heavy (non-hydrogen) atoms. The zero-order chi connectivity index (χ0) is 21.4. The Morgan fingerprint density at radius 1 is 0.903 bits per heavy atom. The van der Waals surface area contributed by atoms with Crippen LogP contribution in [0, 0.1) is 0 Å². The van der Waals surface area contributed by atoms with E-state index in [4.69, 9.17) is 0 Å². The molecule has 1 fully saturated rings. The van der Waals surface area contributed by atoms with Gasteiger partial charge in [0.05, 0.1) is 22.4 Å². The molecule has 0 atom stereocenters. The molecule has 0 saturated carbocycles. The van der Waals surface area contributed by atoms with Crippen LogP contribution in [0.1, 0.15) is 23.2 Å². The van der Waals surface area contributed by atoms with E-state index < -0.39 is 0 Å². The lowest BCUT2D eigenvalue weighted by molar-refractivity contribution is -0.121. The number of nitrogens with one attached hydrogen (secondary N) is 2. The number of amides is 3. The van der Waals surface area contributed by atoms with Crippen LogP contribution in [0.2, 0.25) is 0 Å². The highest BCUT2D eigenvalue weighted by Gasteiger charge is 2.30. The van der Waals surface area contributed by atoms with Gasteiger partial charge in [-0.15, -0.1) is 0 Å². The summed E-state index contributed by atoms with van der Waals surface area (Å²) < 4.78 is 0. The number of rotatable bonds is 4. The molecule has 1 aliphatic rings. The lowest BCUT2D eigenvalue weighted by Gasteiger charge is -2.15. The third kappa shape index (κ3) is 3.46. The Kier molecular flexibility index (Phi) is 4.55. The molecule has 152 valence electrons. The minimum Gasteiger partial charge on any atom is -0.338 e. The number of aromatic amines is 1. The summed E-state index contributed by atoms with van der Waals surface area (Å²) in [5.74, 6) is -0.195. The van der Waals surface area contributed by atoms with Gasteiger partial charge in [0.15, 0.2) is 0 Å². The Bertz CT molecular complexity index is 1290. The highest BCUT2D eigenvalue weighted by molar-refractivity contribution is 6.20. The van der Waals surface area contributed by atoms with Crippen molar-refractivity contribution < 1.29 is 14.4 Å². The predicted octanol–water partition coefficient (Wildman–Crippen LogP) is 4.14. The fourth-order valence-corrected chi connectivity index (χ4v) is 3.72. The molecular formula is C24H18N4O3. The number of hydrogen-bond acceptors (Lipinski definition) is 4. The standard InChI is InChI=1S/C24H18N4O3/c29-21-12-13-22(30)28(21)16-7-5-6-15(14-16)24(31)27-18-9-2-1-8-17(18)23-25-19-10-3-4-11-20(19)26-23/h1-11,14H,12-13H2,(H,25,26)(H,27,31). The van der Waals surface area contributed by atoms with Gasteiger partial charge in [0.1, 0.15) is 5.82 Å². The van der Waals surface area contributed by atoms with Gasteiger partial charge in [0.25, 0.3) is 5.91 Å². The normalized spacial score (nSPS) is 13.7. The molecule has 0 bridgehead atoms. The van der Waals surface area contributed by atoms with Crippen molar-refractivity contribution in [1.29, 1.82) is 0 Å². The van der Waals surface area contributed by atoms with Crippen molar-refractivity contribution in [2.45, 2.75) is 12.8 Å². The van der Waals surface area contributed by atoms with Crippen LogP contribution in [0.4, 0.5) is 11.4 Å². The summed E-state index contributed by atoms with van der Waals surface area (Å²) in [5.41, 5.74) is 3.87. The summed E-state index contributed by atoms with van der Waals surface area (Å²) in [7, 11) is 0. The lowest BCUT2D eigenvalue weighted by atomic mass is 10.1. The number of imidazole rings is 1. The van der Waals surface area contributed by atoms with Gasteiger partial charge < -0.3 is 10.3 Å². The van der Waals surface area contributed by atoms with E-state index in [2.05, 4.69) is 15.3 Å². The Hall–Kier alpha value is -4.26. The first-order valence-corrected chi connectivity index (χ1v) is 9.91. The SMILES string of the molecule is O=C(Nc1ccccc1-c1nc2ccccc2[nH]1)c1cccc(N2C(=O)CCC2=O)c1. The van der Waals surface area contributed by atoms with Gasteiger partial charge in [-0.2, -0.15) is 0 Å². The molecule has 7 nitrogen and oxygen atoms in total. The molecule has 2 heterocycles.